The number of aromatic nitrogens is 3. The number of ether oxygens (including phenoxy) is 1. The fraction of sp³-hybridized carbons (Fsp3) is 0.364. The van der Waals surface area contributed by atoms with Crippen LogP contribution in [0.2, 0.25) is 0 Å². The van der Waals surface area contributed by atoms with Crippen LogP contribution in [-0.4, -0.2) is 27.2 Å². The van der Waals surface area contributed by atoms with E-state index in [1.165, 1.54) is 17.0 Å². The first-order valence-electron chi connectivity index (χ1n) is 5.44. The topological polar surface area (TPSA) is 76.5 Å². The predicted octanol–water partition coefficient (Wildman–Crippen LogP) is 0.762. The lowest BCUT2D eigenvalue weighted by atomic mass is 10.1. The summed E-state index contributed by atoms with van der Waals surface area (Å²) in [6.45, 7) is 3.92. The minimum Gasteiger partial charge on any atom is -0.462 e. The highest BCUT2D eigenvalue weighted by Gasteiger charge is 2.19. The van der Waals surface area contributed by atoms with Gasteiger partial charge in [0.1, 0.15) is 11.8 Å². The molecule has 0 saturated carbocycles. The maximum atomic E-state index is 11.7. The van der Waals surface area contributed by atoms with Crippen molar-refractivity contribution in [2.45, 2.75) is 20.3 Å². The van der Waals surface area contributed by atoms with Crippen molar-refractivity contribution in [1.82, 2.24) is 14.6 Å². The molecule has 0 spiro atoms. The van der Waals surface area contributed by atoms with Crippen LogP contribution in [0.25, 0.3) is 5.52 Å². The van der Waals surface area contributed by atoms with Crippen molar-refractivity contribution in [2.75, 3.05) is 6.61 Å². The number of fused-ring (bicyclic) bond motifs is 1. The van der Waals surface area contributed by atoms with Crippen LogP contribution in [0.4, 0.5) is 0 Å². The van der Waals surface area contributed by atoms with Gasteiger partial charge in [-0.15, -0.1) is 0 Å². The van der Waals surface area contributed by atoms with E-state index in [4.69, 9.17) is 4.74 Å². The Kier molecular flexibility index (Phi) is 2.95. The highest BCUT2D eigenvalue weighted by Crippen LogP contribution is 2.16. The average molecular weight is 235 g/mol. The Hall–Kier alpha value is -2.11. The smallest absolute Gasteiger partial charge is 0.340 e. The minimum absolute atomic E-state index is 0.257. The number of carbonyl (C=O) groups is 1. The summed E-state index contributed by atoms with van der Waals surface area (Å²) in [5.74, 6) is -0.422. The molecule has 0 bridgehead atoms. The lowest BCUT2D eigenvalue weighted by Gasteiger charge is -2.00. The van der Waals surface area contributed by atoms with Crippen LogP contribution >= 0.6 is 0 Å². The molecule has 0 amide bonds. The number of nitrogens with one attached hydrogen (secondary N) is 1. The van der Waals surface area contributed by atoms with Crippen molar-refractivity contribution in [3.05, 3.63) is 34.0 Å². The summed E-state index contributed by atoms with van der Waals surface area (Å²) in [6, 6.07) is 0. The normalized spacial score (nSPS) is 10.7. The van der Waals surface area contributed by atoms with Crippen molar-refractivity contribution >= 4 is 11.5 Å². The molecule has 0 aliphatic heterocycles. The number of hydrogen-bond acceptors (Lipinski definition) is 4. The highest BCUT2D eigenvalue weighted by atomic mass is 16.5. The van der Waals surface area contributed by atoms with Gasteiger partial charge in [-0.25, -0.2) is 9.31 Å². The molecule has 6 nitrogen and oxygen atoms in total. The van der Waals surface area contributed by atoms with E-state index >= 15 is 0 Å². The zero-order chi connectivity index (χ0) is 12.4. The van der Waals surface area contributed by atoms with Gasteiger partial charge in [0.25, 0.3) is 5.56 Å². The van der Waals surface area contributed by atoms with Gasteiger partial charge in [-0.3, -0.25) is 4.79 Å². The van der Waals surface area contributed by atoms with Crippen LogP contribution in [-0.2, 0) is 11.2 Å². The fourth-order valence-corrected chi connectivity index (χ4v) is 1.82. The van der Waals surface area contributed by atoms with Crippen molar-refractivity contribution < 1.29 is 9.53 Å². The molecule has 1 N–H and O–H groups in total. The van der Waals surface area contributed by atoms with Crippen molar-refractivity contribution in [3.63, 3.8) is 0 Å². The number of carbonyl (C=O) groups excluding carboxylic acids is 1. The average Bonchev–Trinajstić information content (AvgIpc) is 2.69. The van der Waals surface area contributed by atoms with Gasteiger partial charge in [0.05, 0.1) is 12.2 Å². The number of rotatable bonds is 3. The Balaban J connectivity index is 2.69. The van der Waals surface area contributed by atoms with Crippen LogP contribution in [0.1, 0.15) is 29.8 Å². The summed E-state index contributed by atoms with van der Waals surface area (Å²) in [6.07, 6.45) is 3.39. The first kappa shape index (κ1) is 11.4. The molecular formula is C11H13N3O3. The molecule has 2 heterocycles. The molecule has 90 valence electrons. The van der Waals surface area contributed by atoms with Gasteiger partial charge < -0.3 is 9.72 Å². The molecule has 0 aliphatic carbocycles. The first-order chi connectivity index (χ1) is 8.19. The minimum atomic E-state index is -0.422. The Morgan fingerprint density at radius 1 is 1.53 bits per heavy atom. The number of aryl methyl sites for hydroxylation is 1. The van der Waals surface area contributed by atoms with E-state index in [0.29, 0.717) is 29.7 Å². The summed E-state index contributed by atoms with van der Waals surface area (Å²) < 4.78 is 6.35. The van der Waals surface area contributed by atoms with Crippen LogP contribution in [0.15, 0.2) is 17.3 Å². The predicted molar refractivity (Wildman–Crippen MR) is 61.1 cm³/mol. The Morgan fingerprint density at radius 2 is 2.29 bits per heavy atom. The molecule has 2 aromatic heterocycles. The van der Waals surface area contributed by atoms with Gasteiger partial charge in [-0.2, -0.15) is 5.10 Å². The SMILES string of the molecule is CCOC(=O)c1cn2nc[nH]c(=O)c2c1CC. The lowest BCUT2D eigenvalue weighted by Crippen LogP contribution is -2.11. The van der Waals surface area contributed by atoms with E-state index in [1.807, 2.05) is 6.92 Å². The fourth-order valence-electron chi connectivity index (χ4n) is 1.82. The molecular weight excluding hydrogens is 222 g/mol. The van der Waals surface area contributed by atoms with E-state index < -0.39 is 5.97 Å². The summed E-state index contributed by atoms with van der Waals surface area (Å²) in [7, 11) is 0. The van der Waals surface area contributed by atoms with Gasteiger partial charge in [0.2, 0.25) is 0 Å². The van der Waals surface area contributed by atoms with Gasteiger partial charge in [0.15, 0.2) is 0 Å². The second-order valence-corrected chi connectivity index (χ2v) is 3.51. The second-order valence-electron chi connectivity index (χ2n) is 3.51. The molecule has 2 rings (SSSR count). The molecule has 6 heteroatoms. The third kappa shape index (κ3) is 1.82. The molecule has 17 heavy (non-hydrogen) atoms. The third-order valence-electron chi connectivity index (χ3n) is 2.53. The van der Waals surface area contributed by atoms with Gasteiger partial charge in [-0.1, -0.05) is 6.92 Å². The quantitative estimate of drug-likeness (QED) is 0.797. The van der Waals surface area contributed by atoms with Crippen molar-refractivity contribution in [2.24, 2.45) is 0 Å². The van der Waals surface area contributed by atoms with Crippen LogP contribution in [0, 0.1) is 0 Å². The second kappa shape index (κ2) is 4.40. The Morgan fingerprint density at radius 3 is 2.94 bits per heavy atom. The summed E-state index contributed by atoms with van der Waals surface area (Å²) >= 11 is 0. The van der Waals surface area contributed by atoms with Crippen molar-refractivity contribution in [3.8, 4) is 0 Å². The maximum absolute atomic E-state index is 11.7. The van der Waals surface area contributed by atoms with Crippen molar-refractivity contribution in [1.29, 1.82) is 0 Å². The molecule has 0 saturated heterocycles. The lowest BCUT2D eigenvalue weighted by molar-refractivity contribution is 0.0525. The summed E-state index contributed by atoms with van der Waals surface area (Å²) in [5.41, 5.74) is 1.21. The van der Waals surface area contributed by atoms with Crippen LogP contribution in [0.5, 0.6) is 0 Å². The van der Waals surface area contributed by atoms with Gasteiger partial charge in [0, 0.05) is 6.20 Å². The largest absolute Gasteiger partial charge is 0.462 e. The monoisotopic (exact) mass is 235 g/mol. The molecule has 0 unspecified atom stereocenters. The number of esters is 1. The van der Waals surface area contributed by atoms with Crippen LogP contribution in [0.3, 0.4) is 0 Å². The Bertz CT molecular complexity index is 612. The number of hydrogen-bond donors (Lipinski definition) is 1. The molecule has 0 radical (unpaired) electrons. The molecule has 0 atom stereocenters. The zero-order valence-electron chi connectivity index (χ0n) is 9.69. The van der Waals surface area contributed by atoms with E-state index in [9.17, 15) is 9.59 Å². The summed E-state index contributed by atoms with van der Waals surface area (Å²) in [5, 5.41) is 3.97. The van der Waals surface area contributed by atoms with Crippen LogP contribution < -0.4 is 5.56 Å². The molecule has 2 aromatic rings. The molecule has 0 aliphatic rings. The summed E-state index contributed by atoms with van der Waals surface area (Å²) in [4.78, 5) is 25.9. The van der Waals surface area contributed by atoms with Gasteiger partial charge in [-0.05, 0) is 18.9 Å². The number of nitrogens with zero attached hydrogens (tertiary/aromatic N) is 2. The first-order valence-corrected chi connectivity index (χ1v) is 5.44. The molecule has 0 aromatic carbocycles. The third-order valence-corrected chi connectivity index (χ3v) is 2.53. The zero-order valence-corrected chi connectivity index (χ0v) is 9.69. The highest BCUT2D eigenvalue weighted by molar-refractivity contribution is 5.93. The maximum Gasteiger partial charge on any atom is 0.340 e. The van der Waals surface area contributed by atoms with E-state index in [-0.39, 0.29) is 5.56 Å². The van der Waals surface area contributed by atoms with E-state index in [1.54, 1.807) is 6.92 Å². The van der Waals surface area contributed by atoms with E-state index in [2.05, 4.69) is 10.1 Å². The standard InChI is InChI=1S/C11H13N3O3/c1-3-7-8(11(16)17-4-2)5-14-9(7)10(15)12-6-13-14/h5-6H,3-4H2,1-2H3,(H,12,13,15). The molecule has 0 fully saturated rings. The van der Waals surface area contributed by atoms with Gasteiger partial charge >= 0.3 is 5.97 Å². The Labute approximate surface area is 97.2 Å². The number of H-pyrrole nitrogens is 1. The van der Waals surface area contributed by atoms with E-state index in [0.717, 1.165) is 0 Å². The number of aromatic amines is 1.